The Labute approximate surface area is 145 Å². The number of carboxylic acid groups (broad SMARTS) is 1. The number of hydrogen-bond acceptors (Lipinski definition) is 4. The number of nitrogens with zero attached hydrogens (tertiary/aromatic N) is 4. The molecule has 25 heavy (non-hydrogen) atoms. The molecule has 1 aliphatic rings. The molecule has 2 aromatic heterocycles. The lowest BCUT2D eigenvalue weighted by molar-refractivity contribution is 0.122. The minimum atomic E-state index is -0.812. The topological polar surface area (TPSA) is 97.3 Å². The monoisotopic (exact) mass is 339 g/mol. The van der Waals surface area contributed by atoms with Crippen molar-refractivity contribution in [1.82, 2.24) is 19.4 Å². The van der Waals surface area contributed by atoms with Crippen LogP contribution in [0.1, 0.15) is 19.3 Å². The molecule has 0 spiro atoms. The zero-order valence-corrected chi connectivity index (χ0v) is 13.9. The minimum absolute atomic E-state index is 0.460. The van der Waals surface area contributed by atoms with Crippen molar-refractivity contribution in [1.29, 1.82) is 0 Å². The normalized spacial score (nSPS) is 15.9. The number of amides is 1. The van der Waals surface area contributed by atoms with Gasteiger partial charge in [-0.3, -0.25) is 0 Å². The summed E-state index contributed by atoms with van der Waals surface area (Å²) < 4.78 is 2.15. The molecule has 3 N–H and O–H groups in total. The van der Waals surface area contributed by atoms with E-state index >= 15 is 0 Å². The fourth-order valence-corrected chi connectivity index (χ4v) is 3.71. The summed E-state index contributed by atoms with van der Waals surface area (Å²) in [6.45, 7) is 2.11. The van der Waals surface area contributed by atoms with Gasteiger partial charge in [-0.25, -0.2) is 14.8 Å². The first-order valence-corrected chi connectivity index (χ1v) is 8.60. The van der Waals surface area contributed by atoms with Gasteiger partial charge in [0, 0.05) is 25.0 Å². The van der Waals surface area contributed by atoms with E-state index in [1.165, 1.54) is 4.90 Å². The number of imidazole rings is 1. The van der Waals surface area contributed by atoms with Crippen LogP contribution in [-0.2, 0) is 6.54 Å². The lowest BCUT2D eigenvalue weighted by Gasteiger charge is -2.30. The summed E-state index contributed by atoms with van der Waals surface area (Å²) in [7, 11) is 0. The lowest BCUT2D eigenvalue weighted by atomic mass is 9.94. The van der Waals surface area contributed by atoms with Crippen LogP contribution in [0.5, 0.6) is 0 Å². The zero-order valence-electron chi connectivity index (χ0n) is 13.9. The highest BCUT2D eigenvalue weighted by Crippen LogP contribution is 2.28. The molecule has 3 heterocycles. The van der Waals surface area contributed by atoms with E-state index in [1.807, 2.05) is 30.6 Å². The maximum absolute atomic E-state index is 11.0. The molecule has 1 aliphatic heterocycles. The quantitative estimate of drug-likeness (QED) is 0.764. The average molecular weight is 339 g/mol. The number of benzene rings is 1. The Morgan fingerprint density at radius 2 is 2.04 bits per heavy atom. The highest BCUT2D eigenvalue weighted by molar-refractivity contribution is 6.06. The summed E-state index contributed by atoms with van der Waals surface area (Å²) >= 11 is 0. The van der Waals surface area contributed by atoms with Gasteiger partial charge in [0.05, 0.1) is 17.4 Å². The number of pyridine rings is 1. The van der Waals surface area contributed by atoms with Crippen LogP contribution in [0.4, 0.5) is 10.6 Å². The van der Waals surface area contributed by atoms with Crippen LogP contribution in [0.2, 0.25) is 0 Å². The average Bonchev–Trinajstić information content (AvgIpc) is 3.05. The van der Waals surface area contributed by atoms with Crippen LogP contribution in [0.3, 0.4) is 0 Å². The molecule has 0 aliphatic carbocycles. The second kappa shape index (κ2) is 6.23. The molecule has 0 unspecified atom stereocenters. The SMILES string of the molecule is Nc1nc2ccccc2c2c1ncn2CCC1CCN(C(=O)O)CC1. The highest BCUT2D eigenvalue weighted by Gasteiger charge is 2.22. The molecule has 4 rings (SSSR count). The molecular weight excluding hydrogens is 318 g/mol. The van der Waals surface area contributed by atoms with Crippen molar-refractivity contribution in [3.05, 3.63) is 30.6 Å². The Morgan fingerprint density at radius 1 is 1.28 bits per heavy atom. The standard InChI is InChI=1S/C18H21N5O2/c19-17-15-16(13-3-1-2-4-14(13)21-17)23(11-20-15)10-7-12-5-8-22(9-6-12)18(24)25/h1-4,11-12H,5-10H2,(H2,19,21)(H,24,25). The molecule has 0 atom stereocenters. The largest absolute Gasteiger partial charge is 0.465 e. The number of para-hydroxylation sites is 1. The number of piperidine rings is 1. The van der Waals surface area contributed by atoms with Crippen molar-refractivity contribution in [2.45, 2.75) is 25.8 Å². The van der Waals surface area contributed by atoms with Gasteiger partial charge < -0.3 is 20.3 Å². The zero-order chi connectivity index (χ0) is 17.4. The molecule has 1 amide bonds. The Balaban J connectivity index is 1.55. The Morgan fingerprint density at radius 3 is 2.80 bits per heavy atom. The fourth-order valence-electron chi connectivity index (χ4n) is 3.71. The van der Waals surface area contributed by atoms with Gasteiger partial charge in [-0.1, -0.05) is 18.2 Å². The predicted octanol–water partition coefficient (Wildman–Crippen LogP) is 2.95. The van der Waals surface area contributed by atoms with Gasteiger partial charge in [-0.2, -0.15) is 0 Å². The van der Waals surface area contributed by atoms with Gasteiger partial charge in [-0.05, 0) is 31.2 Å². The van der Waals surface area contributed by atoms with Gasteiger partial charge in [0.25, 0.3) is 0 Å². The first kappa shape index (κ1) is 15.7. The van der Waals surface area contributed by atoms with E-state index in [-0.39, 0.29) is 0 Å². The van der Waals surface area contributed by atoms with Gasteiger partial charge in [0.1, 0.15) is 5.52 Å². The third-order valence-corrected chi connectivity index (χ3v) is 5.14. The van der Waals surface area contributed by atoms with Crippen LogP contribution in [-0.4, -0.2) is 43.7 Å². The van der Waals surface area contributed by atoms with E-state index in [9.17, 15) is 4.79 Å². The smallest absolute Gasteiger partial charge is 0.407 e. The van der Waals surface area contributed by atoms with Crippen LogP contribution in [0.25, 0.3) is 21.9 Å². The molecule has 7 nitrogen and oxygen atoms in total. The number of likely N-dealkylation sites (tertiary alicyclic amines) is 1. The number of aromatic nitrogens is 3. The Bertz CT molecular complexity index is 928. The first-order chi connectivity index (χ1) is 12.1. The summed E-state index contributed by atoms with van der Waals surface area (Å²) in [5, 5.41) is 10.1. The predicted molar refractivity (Wildman–Crippen MR) is 96.4 cm³/mol. The third kappa shape index (κ3) is 2.86. The number of aryl methyl sites for hydroxylation is 1. The summed E-state index contributed by atoms with van der Waals surface area (Å²) in [5.74, 6) is 1.00. The van der Waals surface area contributed by atoms with Crippen molar-refractivity contribution in [3.8, 4) is 0 Å². The summed E-state index contributed by atoms with van der Waals surface area (Å²) in [6.07, 6.45) is 3.87. The molecule has 0 bridgehead atoms. The lowest BCUT2D eigenvalue weighted by Crippen LogP contribution is -2.37. The number of nitrogens with two attached hydrogens (primary N) is 1. The summed E-state index contributed by atoms with van der Waals surface area (Å²) in [4.78, 5) is 21.4. The number of hydrogen-bond donors (Lipinski definition) is 2. The Kier molecular flexibility index (Phi) is 3.91. The molecule has 7 heteroatoms. The van der Waals surface area contributed by atoms with E-state index in [2.05, 4.69) is 14.5 Å². The van der Waals surface area contributed by atoms with Crippen molar-refractivity contribution in [2.75, 3.05) is 18.8 Å². The molecule has 130 valence electrons. The number of carbonyl (C=O) groups is 1. The molecule has 0 saturated carbocycles. The number of nitrogen functional groups attached to an aromatic ring is 1. The number of anilines is 1. The molecule has 0 radical (unpaired) electrons. The molecule has 1 saturated heterocycles. The van der Waals surface area contributed by atoms with E-state index in [0.717, 1.165) is 47.7 Å². The van der Waals surface area contributed by atoms with E-state index in [0.29, 0.717) is 24.8 Å². The van der Waals surface area contributed by atoms with E-state index in [4.69, 9.17) is 10.8 Å². The highest BCUT2D eigenvalue weighted by atomic mass is 16.4. The third-order valence-electron chi connectivity index (χ3n) is 5.14. The van der Waals surface area contributed by atoms with Gasteiger partial charge in [0.2, 0.25) is 0 Å². The first-order valence-electron chi connectivity index (χ1n) is 8.60. The van der Waals surface area contributed by atoms with Crippen molar-refractivity contribution in [3.63, 3.8) is 0 Å². The summed E-state index contributed by atoms with van der Waals surface area (Å²) in [5.41, 5.74) is 8.73. The Hall–Kier alpha value is -2.83. The van der Waals surface area contributed by atoms with Crippen LogP contribution in [0, 0.1) is 5.92 Å². The number of fused-ring (bicyclic) bond motifs is 3. The molecular formula is C18H21N5O2. The van der Waals surface area contributed by atoms with E-state index < -0.39 is 6.09 Å². The molecule has 1 aromatic carbocycles. The van der Waals surface area contributed by atoms with Crippen LogP contribution >= 0.6 is 0 Å². The second-order valence-electron chi connectivity index (χ2n) is 6.65. The molecule has 1 fully saturated rings. The fraction of sp³-hybridized carbons (Fsp3) is 0.389. The summed E-state index contributed by atoms with van der Waals surface area (Å²) in [6, 6.07) is 7.97. The van der Waals surface area contributed by atoms with E-state index in [1.54, 1.807) is 0 Å². The van der Waals surface area contributed by atoms with Gasteiger partial charge in [0.15, 0.2) is 5.82 Å². The maximum Gasteiger partial charge on any atom is 0.407 e. The van der Waals surface area contributed by atoms with Gasteiger partial charge >= 0.3 is 6.09 Å². The maximum atomic E-state index is 11.0. The van der Waals surface area contributed by atoms with Crippen molar-refractivity contribution < 1.29 is 9.90 Å². The van der Waals surface area contributed by atoms with Crippen molar-refractivity contribution in [2.24, 2.45) is 5.92 Å². The van der Waals surface area contributed by atoms with Crippen LogP contribution in [0.15, 0.2) is 30.6 Å². The van der Waals surface area contributed by atoms with Gasteiger partial charge in [-0.15, -0.1) is 0 Å². The van der Waals surface area contributed by atoms with Crippen LogP contribution < -0.4 is 5.73 Å². The molecule has 3 aromatic rings. The number of rotatable bonds is 3. The van der Waals surface area contributed by atoms with Crippen molar-refractivity contribution >= 4 is 33.8 Å². The second-order valence-corrected chi connectivity index (χ2v) is 6.65. The minimum Gasteiger partial charge on any atom is -0.465 e.